The van der Waals surface area contributed by atoms with Crippen molar-refractivity contribution in [3.63, 3.8) is 0 Å². The van der Waals surface area contributed by atoms with E-state index >= 15 is 0 Å². The number of benzene rings is 2. The molecular formula is C23H20N2O2S. The number of thiophene rings is 1. The summed E-state index contributed by atoms with van der Waals surface area (Å²) >= 11 is 1.55. The van der Waals surface area contributed by atoms with E-state index in [2.05, 4.69) is 10.3 Å². The molecule has 0 aliphatic rings. The lowest BCUT2D eigenvalue weighted by atomic mass is 10.0. The number of phenols is 1. The Kier molecular flexibility index (Phi) is 5.35. The number of hydrogen-bond acceptors (Lipinski definition) is 4. The van der Waals surface area contributed by atoms with Crippen LogP contribution in [0.25, 0.3) is 10.9 Å². The van der Waals surface area contributed by atoms with Crippen LogP contribution < -0.4 is 5.32 Å². The highest BCUT2D eigenvalue weighted by Crippen LogP contribution is 2.35. The quantitative estimate of drug-likeness (QED) is 0.497. The van der Waals surface area contributed by atoms with E-state index in [4.69, 9.17) is 0 Å². The summed E-state index contributed by atoms with van der Waals surface area (Å²) < 4.78 is 0. The first-order valence-corrected chi connectivity index (χ1v) is 10.0. The number of phenolic OH excluding ortho intramolecular Hbond substituents is 1. The molecule has 0 saturated carbocycles. The number of aromatic nitrogens is 1. The zero-order chi connectivity index (χ0) is 19.3. The highest BCUT2D eigenvalue weighted by atomic mass is 32.1. The molecule has 0 aliphatic carbocycles. The standard InChI is InChI=1S/C23H20N2O2S/c26-20(13-10-16-6-2-1-3-7-16)25-22(19-9-5-15-28-19)18-12-11-17-8-4-14-24-21(17)23(18)27/h1-9,11-12,14-15,22,27H,10,13H2,(H,25,26)/t22-/m0/s1. The smallest absolute Gasteiger partial charge is 0.221 e. The average molecular weight is 388 g/mol. The monoisotopic (exact) mass is 388 g/mol. The third-order valence-electron chi connectivity index (χ3n) is 4.71. The Labute approximate surface area is 167 Å². The Hall–Kier alpha value is -3.18. The summed E-state index contributed by atoms with van der Waals surface area (Å²) in [5.41, 5.74) is 2.32. The summed E-state index contributed by atoms with van der Waals surface area (Å²) in [5.74, 6) is 0.0580. The van der Waals surface area contributed by atoms with Gasteiger partial charge < -0.3 is 10.4 Å². The number of aromatic hydroxyl groups is 1. The molecule has 0 spiro atoms. The highest BCUT2D eigenvalue weighted by Gasteiger charge is 2.22. The summed E-state index contributed by atoms with van der Waals surface area (Å²) in [5, 5.41) is 16.8. The Morgan fingerprint density at radius 3 is 2.68 bits per heavy atom. The van der Waals surface area contributed by atoms with Crippen molar-refractivity contribution in [1.29, 1.82) is 0 Å². The minimum absolute atomic E-state index is 0.0530. The molecule has 140 valence electrons. The van der Waals surface area contributed by atoms with E-state index in [1.54, 1.807) is 17.5 Å². The largest absolute Gasteiger partial charge is 0.505 e. The number of amides is 1. The zero-order valence-corrected chi connectivity index (χ0v) is 16.0. The minimum atomic E-state index is -0.408. The van der Waals surface area contributed by atoms with Crippen LogP contribution in [0, 0.1) is 0 Å². The molecule has 1 atom stereocenters. The van der Waals surface area contributed by atoms with Crippen LogP contribution in [0.15, 0.2) is 78.3 Å². The fourth-order valence-corrected chi connectivity index (χ4v) is 4.06. The van der Waals surface area contributed by atoms with Gasteiger partial charge in [-0.25, -0.2) is 0 Å². The lowest BCUT2D eigenvalue weighted by Crippen LogP contribution is -2.29. The van der Waals surface area contributed by atoms with Crippen molar-refractivity contribution in [2.75, 3.05) is 0 Å². The van der Waals surface area contributed by atoms with Gasteiger partial charge in [0.2, 0.25) is 5.91 Å². The number of pyridine rings is 1. The van der Waals surface area contributed by atoms with E-state index in [1.807, 2.05) is 72.1 Å². The first kappa shape index (κ1) is 18.2. The summed E-state index contributed by atoms with van der Waals surface area (Å²) in [4.78, 5) is 17.9. The molecule has 0 radical (unpaired) electrons. The third kappa shape index (κ3) is 3.89. The van der Waals surface area contributed by atoms with Crippen molar-refractivity contribution in [1.82, 2.24) is 10.3 Å². The number of carbonyl (C=O) groups is 1. The Bertz CT molecular complexity index is 1080. The fourth-order valence-electron chi connectivity index (χ4n) is 3.27. The summed E-state index contributed by atoms with van der Waals surface area (Å²) in [6.07, 6.45) is 2.72. The van der Waals surface area contributed by atoms with Crippen LogP contribution in [0.1, 0.15) is 28.5 Å². The van der Waals surface area contributed by atoms with Crippen LogP contribution in [0.4, 0.5) is 0 Å². The molecular weight excluding hydrogens is 368 g/mol. The maximum absolute atomic E-state index is 12.7. The normalized spacial score (nSPS) is 12.0. The van der Waals surface area contributed by atoms with Gasteiger partial charge in [0.05, 0.1) is 6.04 Å². The fraction of sp³-hybridized carbons (Fsp3) is 0.130. The maximum atomic E-state index is 12.7. The molecule has 2 aromatic heterocycles. The molecule has 4 nitrogen and oxygen atoms in total. The number of aryl methyl sites for hydroxylation is 1. The van der Waals surface area contributed by atoms with Crippen LogP contribution in [0.5, 0.6) is 5.75 Å². The molecule has 28 heavy (non-hydrogen) atoms. The van der Waals surface area contributed by atoms with Gasteiger partial charge in [-0.1, -0.05) is 54.6 Å². The highest BCUT2D eigenvalue weighted by molar-refractivity contribution is 7.10. The van der Waals surface area contributed by atoms with E-state index in [1.165, 1.54) is 0 Å². The Morgan fingerprint density at radius 1 is 1.04 bits per heavy atom. The lowest BCUT2D eigenvalue weighted by molar-refractivity contribution is -0.121. The van der Waals surface area contributed by atoms with Gasteiger partial charge in [-0.15, -0.1) is 11.3 Å². The molecule has 0 saturated heterocycles. The summed E-state index contributed by atoms with van der Waals surface area (Å²) in [6, 6.07) is 21.0. The number of nitrogens with zero attached hydrogens (tertiary/aromatic N) is 1. The van der Waals surface area contributed by atoms with Gasteiger partial charge in [-0.2, -0.15) is 0 Å². The molecule has 2 heterocycles. The van der Waals surface area contributed by atoms with Crippen molar-refractivity contribution >= 4 is 28.1 Å². The molecule has 5 heteroatoms. The van der Waals surface area contributed by atoms with Crippen molar-refractivity contribution in [3.05, 3.63) is 94.3 Å². The topological polar surface area (TPSA) is 62.2 Å². The summed E-state index contributed by atoms with van der Waals surface area (Å²) in [7, 11) is 0. The van der Waals surface area contributed by atoms with Gasteiger partial charge in [-0.3, -0.25) is 9.78 Å². The van der Waals surface area contributed by atoms with Crippen LogP contribution >= 0.6 is 11.3 Å². The van der Waals surface area contributed by atoms with Gasteiger partial charge in [-0.05, 0) is 29.5 Å². The van der Waals surface area contributed by atoms with E-state index in [0.29, 0.717) is 23.9 Å². The predicted molar refractivity (Wildman–Crippen MR) is 112 cm³/mol. The maximum Gasteiger partial charge on any atom is 0.221 e. The Morgan fingerprint density at radius 2 is 1.89 bits per heavy atom. The van der Waals surface area contributed by atoms with Gasteiger partial charge in [0.1, 0.15) is 11.3 Å². The zero-order valence-electron chi connectivity index (χ0n) is 15.2. The number of nitrogens with one attached hydrogen (secondary N) is 1. The molecule has 4 rings (SSSR count). The second-order valence-electron chi connectivity index (χ2n) is 6.58. The molecule has 0 bridgehead atoms. The van der Waals surface area contributed by atoms with Crippen molar-refractivity contribution in [2.24, 2.45) is 0 Å². The van der Waals surface area contributed by atoms with Crippen molar-refractivity contribution in [3.8, 4) is 5.75 Å². The second kappa shape index (κ2) is 8.23. The number of fused-ring (bicyclic) bond motifs is 1. The van der Waals surface area contributed by atoms with Gasteiger partial charge in [0.25, 0.3) is 0 Å². The molecule has 0 unspecified atom stereocenters. The van der Waals surface area contributed by atoms with Crippen molar-refractivity contribution < 1.29 is 9.90 Å². The number of carbonyl (C=O) groups excluding carboxylic acids is 1. The molecule has 0 fully saturated rings. The molecule has 0 aliphatic heterocycles. The van der Waals surface area contributed by atoms with Gasteiger partial charge >= 0.3 is 0 Å². The van der Waals surface area contributed by atoms with Crippen LogP contribution in [0.3, 0.4) is 0 Å². The first-order valence-electron chi connectivity index (χ1n) is 9.15. The first-order chi connectivity index (χ1) is 13.7. The minimum Gasteiger partial charge on any atom is -0.505 e. The Balaban J connectivity index is 1.60. The van der Waals surface area contributed by atoms with Gasteiger partial charge in [0, 0.05) is 28.4 Å². The van der Waals surface area contributed by atoms with Crippen molar-refractivity contribution in [2.45, 2.75) is 18.9 Å². The summed E-state index contributed by atoms with van der Waals surface area (Å²) in [6.45, 7) is 0. The second-order valence-corrected chi connectivity index (χ2v) is 7.56. The SMILES string of the molecule is O=C(CCc1ccccc1)N[C@H](c1cccs1)c1ccc2cccnc2c1O. The lowest BCUT2D eigenvalue weighted by Gasteiger charge is -2.20. The molecule has 4 aromatic rings. The predicted octanol–water partition coefficient (Wildman–Crippen LogP) is 4.84. The van der Waals surface area contributed by atoms with E-state index < -0.39 is 6.04 Å². The number of hydrogen-bond donors (Lipinski definition) is 2. The molecule has 1 amide bonds. The van der Waals surface area contributed by atoms with E-state index in [9.17, 15) is 9.90 Å². The average Bonchev–Trinajstić information content (AvgIpc) is 3.27. The van der Waals surface area contributed by atoms with Gasteiger partial charge in [0.15, 0.2) is 0 Å². The number of rotatable bonds is 6. The van der Waals surface area contributed by atoms with E-state index in [0.717, 1.165) is 15.8 Å². The van der Waals surface area contributed by atoms with Crippen LogP contribution in [-0.2, 0) is 11.2 Å². The molecule has 2 aromatic carbocycles. The van der Waals surface area contributed by atoms with Crippen LogP contribution in [0.2, 0.25) is 0 Å². The third-order valence-corrected chi connectivity index (χ3v) is 5.64. The van der Waals surface area contributed by atoms with Crippen LogP contribution in [-0.4, -0.2) is 16.0 Å². The molecule has 2 N–H and O–H groups in total. The van der Waals surface area contributed by atoms with E-state index in [-0.39, 0.29) is 11.7 Å².